The standard InChI is InChI=1S/C31H23N3O2/c1-3-9-20(10-4-1)26-18-35-30(32-26)24-15-7-13-22-17-23-14-8-16-25(29(23)34-28(22)24)31-33-27(19-36-31)21-11-5-2-6-12-21/h1-17,26-27H,18-19H2/t26-,27-/m1/s1. The van der Waals surface area contributed by atoms with Crippen LogP contribution < -0.4 is 0 Å². The lowest BCUT2D eigenvalue weighted by atomic mass is 10.0. The molecule has 0 unspecified atom stereocenters. The third kappa shape index (κ3) is 3.60. The highest BCUT2D eigenvalue weighted by atomic mass is 16.5. The summed E-state index contributed by atoms with van der Waals surface area (Å²) < 4.78 is 12.2. The van der Waals surface area contributed by atoms with Crippen molar-refractivity contribution in [3.8, 4) is 0 Å². The average Bonchev–Trinajstić information content (AvgIpc) is 3.63. The average molecular weight is 470 g/mol. The number of aliphatic imine (C=N–C) groups is 2. The van der Waals surface area contributed by atoms with Gasteiger partial charge in [0.25, 0.3) is 0 Å². The van der Waals surface area contributed by atoms with Crippen molar-refractivity contribution in [1.29, 1.82) is 0 Å². The lowest BCUT2D eigenvalue weighted by Gasteiger charge is -2.10. The van der Waals surface area contributed by atoms with Gasteiger partial charge in [0.05, 0.1) is 22.2 Å². The summed E-state index contributed by atoms with van der Waals surface area (Å²) in [5, 5.41) is 2.09. The number of aromatic nitrogens is 1. The first kappa shape index (κ1) is 20.8. The van der Waals surface area contributed by atoms with Crippen molar-refractivity contribution in [2.45, 2.75) is 12.1 Å². The van der Waals surface area contributed by atoms with Crippen molar-refractivity contribution in [2.75, 3.05) is 13.2 Å². The number of para-hydroxylation sites is 2. The van der Waals surface area contributed by atoms with Crippen LogP contribution >= 0.6 is 0 Å². The lowest BCUT2D eigenvalue weighted by Crippen LogP contribution is -2.05. The molecule has 3 heterocycles. The third-order valence-corrected chi connectivity index (χ3v) is 6.80. The summed E-state index contributed by atoms with van der Waals surface area (Å²) in [6.45, 7) is 1.06. The van der Waals surface area contributed by atoms with Gasteiger partial charge in [0.15, 0.2) is 0 Å². The van der Waals surface area contributed by atoms with E-state index in [1.54, 1.807) is 0 Å². The van der Waals surface area contributed by atoms with Crippen molar-refractivity contribution < 1.29 is 9.47 Å². The van der Waals surface area contributed by atoms with Gasteiger partial charge in [-0.2, -0.15) is 0 Å². The summed E-state index contributed by atoms with van der Waals surface area (Å²) in [5.41, 5.74) is 5.83. The van der Waals surface area contributed by atoms with E-state index in [9.17, 15) is 0 Å². The van der Waals surface area contributed by atoms with E-state index >= 15 is 0 Å². The topological polar surface area (TPSA) is 56.1 Å². The van der Waals surface area contributed by atoms with E-state index in [4.69, 9.17) is 24.4 Å². The number of hydrogen-bond acceptors (Lipinski definition) is 5. The van der Waals surface area contributed by atoms with E-state index in [-0.39, 0.29) is 12.1 Å². The smallest absolute Gasteiger partial charge is 0.219 e. The van der Waals surface area contributed by atoms with Crippen LogP contribution in [0.2, 0.25) is 0 Å². The Labute approximate surface area is 208 Å². The van der Waals surface area contributed by atoms with Crippen LogP contribution in [0.5, 0.6) is 0 Å². The summed E-state index contributed by atoms with van der Waals surface area (Å²) >= 11 is 0. The zero-order chi connectivity index (χ0) is 23.9. The van der Waals surface area contributed by atoms with Crippen molar-refractivity contribution in [1.82, 2.24) is 4.98 Å². The van der Waals surface area contributed by atoms with Gasteiger partial charge in [-0.1, -0.05) is 84.9 Å². The van der Waals surface area contributed by atoms with Gasteiger partial charge in [-0.15, -0.1) is 0 Å². The minimum Gasteiger partial charge on any atom is -0.475 e. The van der Waals surface area contributed by atoms with Gasteiger partial charge in [-0.25, -0.2) is 15.0 Å². The number of fused-ring (bicyclic) bond motifs is 2. The monoisotopic (exact) mass is 469 g/mol. The maximum absolute atomic E-state index is 6.08. The van der Waals surface area contributed by atoms with Crippen LogP contribution in [-0.4, -0.2) is 30.0 Å². The first-order chi connectivity index (χ1) is 17.8. The molecular weight excluding hydrogens is 446 g/mol. The van der Waals surface area contributed by atoms with Crippen LogP contribution in [0, 0.1) is 0 Å². The molecule has 4 aromatic carbocycles. The molecule has 36 heavy (non-hydrogen) atoms. The normalized spacial score (nSPS) is 19.1. The summed E-state index contributed by atoms with van der Waals surface area (Å²) in [6.07, 6.45) is 0. The SMILES string of the molecule is c1ccc([C@H]2COC(c3cccc4cc5cccc(C6=N[C@@H](c7ccccc7)CO6)c5nc34)=N2)cc1. The Balaban J connectivity index is 1.32. The molecule has 5 nitrogen and oxygen atoms in total. The molecule has 7 rings (SSSR count). The fourth-order valence-electron chi connectivity index (χ4n) is 4.96. The molecule has 1 aromatic heterocycles. The Morgan fingerprint density at radius 1 is 0.528 bits per heavy atom. The number of hydrogen-bond donors (Lipinski definition) is 0. The summed E-state index contributed by atoms with van der Waals surface area (Å²) in [7, 11) is 0. The fraction of sp³-hybridized carbons (Fsp3) is 0.129. The van der Waals surface area contributed by atoms with Crippen LogP contribution in [0.1, 0.15) is 34.3 Å². The summed E-state index contributed by atoms with van der Waals surface area (Å²) in [5.74, 6) is 1.27. The highest BCUT2D eigenvalue weighted by Gasteiger charge is 2.25. The van der Waals surface area contributed by atoms with Crippen molar-refractivity contribution >= 4 is 33.6 Å². The van der Waals surface area contributed by atoms with E-state index in [1.807, 2.05) is 60.7 Å². The molecule has 2 atom stereocenters. The molecule has 0 radical (unpaired) electrons. The Bertz CT molecular complexity index is 1520. The van der Waals surface area contributed by atoms with E-state index < -0.39 is 0 Å². The van der Waals surface area contributed by atoms with Gasteiger partial charge < -0.3 is 9.47 Å². The van der Waals surface area contributed by atoms with Crippen LogP contribution in [0.4, 0.5) is 0 Å². The Hall–Kier alpha value is -4.51. The molecule has 0 amide bonds. The second-order valence-electron chi connectivity index (χ2n) is 9.09. The maximum atomic E-state index is 6.08. The minimum absolute atomic E-state index is 0.0105. The molecule has 2 aliphatic rings. The first-order valence-corrected chi connectivity index (χ1v) is 12.2. The largest absolute Gasteiger partial charge is 0.475 e. The quantitative estimate of drug-likeness (QED) is 0.285. The first-order valence-electron chi connectivity index (χ1n) is 12.2. The highest BCUT2D eigenvalue weighted by Crippen LogP contribution is 2.31. The van der Waals surface area contributed by atoms with E-state index in [2.05, 4.69) is 42.5 Å². The summed E-state index contributed by atoms with van der Waals surface area (Å²) in [6, 6.07) is 35.0. The molecule has 2 aliphatic heterocycles. The van der Waals surface area contributed by atoms with Gasteiger partial charge in [0.1, 0.15) is 25.3 Å². The second kappa shape index (κ2) is 8.61. The van der Waals surface area contributed by atoms with E-state index in [0.29, 0.717) is 25.0 Å². The molecule has 0 spiro atoms. The molecule has 0 aliphatic carbocycles. The number of nitrogens with zero attached hydrogens (tertiary/aromatic N) is 3. The lowest BCUT2D eigenvalue weighted by molar-refractivity contribution is 0.320. The highest BCUT2D eigenvalue weighted by molar-refractivity contribution is 6.12. The number of pyridine rings is 1. The fourth-order valence-corrected chi connectivity index (χ4v) is 4.96. The van der Waals surface area contributed by atoms with Crippen LogP contribution in [0.15, 0.2) is 113 Å². The zero-order valence-electron chi connectivity index (χ0n) is 19.5. The third-order valence-electron chi connectivity index (χ3n) is 6.80. The summed E-state index contributed by atoms with van der Waals surface area (Å²) in [4.78, 5) is 15.0. The zero-order valence-corrected chi connectivity index (χ0v) is 19.5. The second-order valence-corrected chi connectivity index (χ2v) is 9.09. The molecular formula is C31H23N3O2. The van der Waals surface area contributed by atoms with Crippen molar-refractivity contribution in [3.05, 3.63) is 125 Å². The van der Waals surface area contributed by atoms with E-state index in [0.717, 1.165) is 44.1 Å². The molecule has 5 heteroatoms. The maximum Gasteiger partial charge on any atom is 0.219 e. The van der Waals surface area contributed by atoms with Crippen molar-refractivity contribution in [2.24, 2.45) is 9.98 Å². The predicted molar refractivity (Wildman–Crippen MR) is 143 cm³/mol. The van der Waals surface area contributed by atoms with Crippen LogP contribution in [-0.2, 0) is 9.47 Å². The van der Waals surface area contributed by atoms with Gasteiger partial charge in [0, 0.05) is 10.8 Å². The molecule has 174 valence electrons. The molecule has 0 saturated heterocycles. The number of benzene rings is 4. The number of ether oxygens (including phenoxy) is 2. The van der Waals surface area contributed by atoms with E-state index in [1.165, 1.54) is 0 Å². The van der Waals surface area contributed by atoms with Gasteiger partial charge in [-0.3, -0.25) is 0 Å². The Morgan fingerprint density at radius 3 is 1.47 bits per heavy atom. The Kier molecular flexibility index (Phi) is 4.98. The molecule has 0 fully saturated rings. The minimum atomic E-state index is -0.0105. The predicted octanol–water partition coefficient (Wildman–Crippen LogP) is 6.42. The molecule has 5 aromatic rings. The molecule has 0 saturated carbocycles. The van der Waals surface area contributed by atoms with Crippen molar-refractivity contribution in [3.63, 3.8) is 0 Å². The van der Waals surface area contributed by atoms with Crippen LogP contribution in [0.25, 0.3) is 21.8 Å². The number of rotatable bonds is 4. The molecule has 0 N–H and O–H groups in total. The Morgan fingerprint density at radius 2 is 1.00 bits per heavy atom. The van der Waals surface area contributed by atoms with Gasteiger partial charge in [0.2, 0.25) is 11.8 Å². The molecule has 0 bridgehead atoms. The van der Waals surface area contributed by atoms with Gasteiger partial charge in [-0.05, 0) is 29.3 Å². The van der Waals surface area contributed by atoms with Gasteiger partial charge >= 0.3 is 0 Å². The van der Waals surface area contributed by atoms with Crippen LogP contribution in [0.3, 0.4) is 0 Å².